The van der Waals surface area contributed by atoms with Gasteiger partial charge in [-0.3, -0.25) is 0 Å². The number of aryl methyl sites for hydroxylation is 1. The zero-order valence-corrected chi connectivity index (χ0v) is 14.0. The number of piperidine rings is 1. The van der Waals surface area contributed by atoms with Gasteiger partial charge in [0, 0.05) is 39.0 Å². The van der Waals surface area contributed by atoms with Gasteiger partial charge in [0.25, 0.3) is 0 Å². The molecule has 0 spiro atoms. The Kier molecular flexibility index (Phi) is 5.20. The lowest BCUT2D eigenvalue weighted by Crippen LogP contribution is -2.45. The number of hydrogen-bond donors (Lipinski definition) is 1. The standard InChI is InChI=1S/C16H20F2N6O/c1-23-15(20-21-22-23)6-7-19-16(25)24-8-2-3-12(10-24)11-4-5-13(17)14(18)9-11/h4-5,9,12H,2-3,6-8,10H2,1H3,(H,19,25). The van der Waals surface area contributed by atoms with Crippen LogP contribution in [0.2, 0.25) is 0 Å². The van der Waals surface area contributed by atoms with Crippen molar-refractivity contribution in [3.05, 3.63) is 41.2 Å². The molecule has 1 unspecified atom stereocenters. The first-order valence-corrected chi connectivity index (χ1v) is 8.23. The molecule has 2 amide bonds. The van der Waals surface area contributed by atoms with Crippen LogP contribution in [0.3, 0.4) is 0 Å². The maximum atomic E-state index is 13.4. The highest BCUT2D eigenvalue weighted by atomic mass is 19.2. The van der Waals surface area contributed by atoms with E-state index in [1.54, 1.807) is 22.7 Å². The predicted octanol–water partition coefficient (Wildman–Crippen LogP) is 1.62. The van der Waals surface area contributed by atoms with Crippen LogP contribution >= 0.6 is 0 Å². The number of nitrogens with one attached hydrogen (secondary N) is 1. The molecule has 0 bridgehead atoms. The van der Waals surface area contributed by atoms with Gasteiger partial charge in [-0.1, -0.05) is 6.07 Å². The number of carbonyl (C=O) groups excluding carboxylic acids is 1. The van der Waals surface area contributed by atoms with Crippen LogP contribution < -0.4 is 5.32 Å². The number of amides is 2. The van der Waals surface area contributed by atoms with E-state index in [0.29, 0.717) is 31.9 Å². The van der Waals surface area contributed by atoms with Gasteiger partial charge in [-0.25, -0.2) is 18.3 Å². The minimum absolute atomic E-state index is 0.0116. The summed E-state index contributed by atoms with van der Waals surface area (Å²) in [6, 6.07) is 3.79. The molecule has 1 N–H and O–H groups in total. The van der Waals surface area contributed by atoms with E-state index in [9.17, 15) is 13.6 Å². The largest absolute Gasteiger partial charge is 0.338 e. The molecule has 7 nitrogen and oxygen atoms in total. The van der Waals surface area contributed by atoms with Crippen molar-refractivity contribution in [3.8, 4) is 0 Å². The molecule has 1 aromatic carbocycles. The fourth-order valence-electron chi connectivity index (χ4n) is 3.05. The van der Waals surface area contributed by atoms with Crippen LogP contribution in [0.1, 0.15) is 30.1 Å². The van der Waals surface area contributed by atoms with Crippen molar-refractivity contribution in [1.82, 2.24) is 30.4 Å². The fraction of sp³-hybridized carbons (Fsp3) is 0.500. The van der Waals surface area contributed by atoms with Crippen LogP contribution in [-0.4, -0.2) is 50.8 Å². The van der Waals surface area contributed by atoms with E-state index in [-0.39, 0.29) is 11.9 Å². The second-order valence-corrected chi connectivity index (χ2v) is 6.16. The normalized spacial score (nSPS) is 17.6. The topological polar surface area (TPSA) is 75.9 Å². The van der Waals surface area contributed by atoms with Crippen LogP contribution in [0.4, 0.5) is 13.6 Å². The van der Waals surface area contributed by atoms with Crippen LogP contribution in [0.25, 0.3) is 0 Å². The molecule has 2 aromatic rings. The van der Waals surface area contributed by atoms with Crippen molar-refractivity contribution in [2.24, 2.45) is 7.05 Å². The number of halogens is 2. The minimum atomic E-state index is -0.854. The van der Waals surface area contributed by atoms with Crippen LogP contribution in [-0.2, 0) is 13.5 Å². The van der Waals surface area contributed by atoms with Gasteiger partial charge < -0.3 is 10.2 Å². The third kappa shape index (κ3) is 4.09. The monoisotopic (exact) mass is 350 g/mol. The number of tetrazole rings is 1. The molecule has 3 rings (SSSR count). The maximum absolute atomic E-state index is 13.4. The van der Waals surface area contributed by atoms with Crippen LogP contribution in [0, 0.1) is 11.6 Å². The molecular weight excluding hydrogens is 330 g/mol. The van der Waals surface area contributed by atoms with Crippen molar-refractivity contribution < 1.29 is 13.6 Å². The molecule has 0 saturated carbocycles. The average Bonchev–Trinajstić information content (AvgIpc) is 3.02. The first kappa shape index (κ1) is 17.2. The summed E-state index contributed by atoms with van der Waals surface area (Å²) in [5.41, 5.74) is 0.724. The zero-order valence-electron chi connectivity index (χ0n) is 14.0. The Hall–Kier alpha value is -2.58. The average molecular weight is 350 g/mol. The van der Waals surface area contributed by atoms with Gasteiger partial charge in [0.1, 0.15) is 0 Å². The van der Waals surface area contributed by atoms with Crippen molar-refractivity contribution in [2.45, 2.75) is 25.2 Å². The molecule has 134 valence electrons. The number of rotatable bonds is 4. The lowest BCUT2D eigenvalue weighted by molar-refractivity contribution is 0.179. The smallest absolute Gasteiger partial charge is 0.317 e. The SMILES string of the molecule is Cn1nnnc1CCNC(=O)N1CCCC(c2ccc(F)c(F)c2)C1. The molecule has 1 aromatic heterocycles. The summed E-state index contributed by atoms with van der Waals surface area (Å²) < 4.78 is 28.1. The molecule has 9 heteroatoms. The van der Waals surface area contributed by atoms with E-state index in [0.717, 1.165) is 24.5 Å². The van der Waals surface area contributed by atoms with E-state index >= 15 is 0 Å². The van der Waals surface area contributed by atoms with E-state index in [2.05, 4.69) is 20.8 Å². The van der Waals surface area contributed by atoms with Crippen LogP contribution in [0.15, 0.2) is 18.2 Å². The van der Waals surface area contributed by atoms with Gasteiger partial charge in [0.15, 0.2) is 17.5 Å². The fourth-order valence-corrected chi connectivity index (χ4v) is 3.05. The van der Waals surface area contributed by atoms with Gasteiger partial charge >= 0.3 is 6.03 Å². The molecule has 25 heavy (non-hydrogen) atoms. The molecule has 2 heterocycles. The minimum Gasteiger partial charge on any atom is -0.338 e. The van der Waals surface area contributed by atoms with Gasteiger partial charge in [-0.2, -0.15) is 0 Å². The lowest BCUT2D eigenvalue weighted by atomic mass is 9.90. The summed E-state index contributed by atoms with van der Waals surface area (Å²) >= 11 is 0. The molecule has 1 aliphatic heterocycles. The van der Waals surface area contributed by atoms with Gasteiger partial charge in [0.05, 0.1) is 0 Å². The van der Waals surface area contributed by atoms with Crippen molar-refractivity contribution in [2.75, 3.05) is 19.6 Å². The molecule has 0 aliphatic carbocycles. The second kappa shape index (κ2) is 7.54. The quantitative estimate of drug-likeness (QED) is 0.909. The van der Waals surface area contributed by atoms with E-state index in [1.165, 1.54) is 6.07 Å². The van der Waals surface area contributed by atoms with Gasteiger partial charge in [-0.05, 0) is 41.0 Å². The summed E-state index contributed by atoms with van der Waals surface area (Å²) in [6.07, 6.45) is 2.21. The summed E-state index contributed by atoms with van der Waals surface area (Å²) in [4.78, 5) is 14.0. The maximum Gasteiger partial charge on any atom is 0.317 e. The molecule has 1 atom stereocenters. The van der Waals surface area contributed by atoms with Gasteiger partial charge in [0.2, 0.25) is 0 Å². The van der Waals surface area contributed by atoms with E-state index in [1.807, 2.05) is 0 Å². The number of nitrogens with zero attached hydrogens (tertiary/aromatic N) is 5. The second-order valence-electron chi connectivity index (χ2n) is 6.16. The van der Waals surface area contributed by atoms with E-state index < -0.39 is 11.6 Å². The molecular formula is C16H20F2N6O. The number of likely N-dealkylation sites (tertiary alicyclic amines) is 1. The van der Waals surface area contributed by atoms with Crippen molar-refractivity contribution in [1.29, 1.82) is 0 Å². The summed E-state index contributed by atoms with van der Waals surface area (Å²) in [5.74, 6) is -1.00. The Morgan fingerprint density at radius 2 is 2.20 bits per heavy atom. The Morgan fingerprint density at radius 1 is 1.36 bits per heavy atom. The predicted molar refractivity (Wildman–Crippen MR) is 85.8 cm³/mol. The zero-order chi connectivity index (χ0) is 17.8. The Morgan fingerprint density at radius 3 is 2.92 bits per heavy atom. The first-order chi connectivity index (χ1) is 12.0. The van der Waals surface area contributed by atoms with E-state index in [4.69, 9.17) is 0 Å². The third-order valence-electron chi connectivity index (χ3n) is 4.46. The highest BCUT2D eigenvalue weighted by Crippen LogP contribution is 2.27. The number of carbonyl (C=O) groups is 1. The van der Waals surface area contributed by atoms with Crippen molar-refractivity contribution in [3.63, 3.8) is 0 Å². The van der Waals surface area contributed by atoms with Gasteiger partial charge in [-0.15, -0.1) is 5.10 Å². The molecule has 0 radical (unpaired) electrons. The number of urea groups is 1. The highest BCUT2D eigenvalue weighted by molar-refractivity contribution is 5.74. The number of aromatic nitrogens is 4. The number of hydrogen-bond acceptors (Lipinski definition) is 4. The summed E-state index contributed by atoms with van der Waals surface area (Å²) in [6.45, 7) is 1.57. The number of benzene rings is 1. The third-order valence-corrected chi connectivity index (χ3v) is 4.46. The molecule has 1 fully saturated rings. The summed E-state index contributed by atoms with van der Waals surface area (Å²) in [7, 11) is 1.74. The molecule has 1 aliphatic rings. The Labute approximate surface area is 144 Å². The van der Waals surface area contributed by atoms with Crippen molar-refractivity contribution >= 4 is 6.03 Å². The summed E-state index contributed by atoms with van der Waals surface area (Å²) in [5, 5.41) is 14.0. The lowest BCUT2D eigenvalue weighted by Gasteiger charge is -2.33. The van der Waals surface area contributed by atoms with Crippen LogP contribution in [0.5, 0.6) is 0 Å². The molecule has 1 saturated heterocycles. The Bertz CT molecular complexity index is 750. The first-order valence-electron chi connectivity index (χ1n) is 8.23. The Balaban J connectivity index is 1.54. The highest BCUT2D eigenvalue weighted by Gasteiger charge is 2.25.